The lowest BCUT2D eigenvalue weighted by molar-refractivity contribution is 0.561. The van der Waals surface area contributed by atoms with Gasteiger partial charge in [0.15, 0.2) is 0 Å². The number of allylic oxidation sites excluding steroid dienone is 2. The van der Waals surface area contributed by atoms with Gasteiger partial charge in [0, 0.05) is 12.1 Å². The van der Waals surface area contributed by atoms with Crippen molar-refractivity contribution in [3.63, 3.8) is 0 Å². The molecule has 1 atom stereocenters. The minimum absolute atomic E-state index is 0.271. The first-order chi connectivity index (χ1) is 10.1. The Balaban J connectivity index is 2.13. The van der Waals surface area contributed by atoms with E-state index in [0.717, 1.165) is 22.4 Å². The third-order valence-corrected chi connectivity index (χ3v) is 3.87. The fourth-order valence-electron chi connectivity index (χ4n) is 2.79. The molecule has 4 N–H and O–H groups in total. The van der Waals surface area contributed by atoms with Gasteiger partial charge < -0.3 is 11.5 Å². The van der Waals surface area contributed by atoms with E-state index in [1.54, 1.807) is 12.1 Å². The van der Waals surface area contributed by atoms with Crippen molar-refractivity contribution in [1.82, 2.24) is 0 Å². The Hall–Kier alpha value is -2.39. The Labute approximate surface area is 123 Å². The summed E-state index contributed by atoms with van der Waals surface area (Å²) in [4.78, 5) is 0. The van der Waals surface area contributed by atoms with Crippen molar-refractivity contribution in [3.05, 3.63) is 89.4 Å². The van der Waals surface area contributed by atoms with Crippen LogP contribution < -0.4 is 11.5 Å². The molecule has 2 aromatic carbocycles. The standard InChI is InChI=1S/C18H17FN2/c19-15-8-6-14(7-9-15)18(21)12-16(20)10-11-17(18)13-4-2-1-3-5-13/h1-11H,12,20-21H2. The van der Waals surface area contributed by atoms with Crippen LogP contribution in [0.15, 0.2) is 72.4 Å². The number of benzene rings is 2. The van der Waals surface area contributed by atoms with Gasteiger partial charge in [-0.05, 0) is 34.9 Å². The summed E-state index contributed by atoms with van der Waals surface area (Å²) < 4.78 is 13.2. The Morgan fingerprint density at radius 3 is 2.24 bits per heavy atom. The van der Waals surface area contributed by atoms with E-state index in [1.165, 1.54) is 12.1 Å². The number of rotatable bonds is 2. The topological polar surface area (TPSA) is 52.0 Å². The maximum absolute atomic E-state index is 13.2. The summed E-state index contributed by atoms with van der Waals surface area (Å²) in [6.07, 6.45) is 4.36. The molecule has 0 aromatic heterocycles. The molecule has 0 saturated heterocycles. The van der Waals surface area contributed by atoms with E-state index in [-0.39, 0.29) is 5.82 Å². The largest absolute Gasteiger partial charge is 0.402 e. The summed E-state index contributed by atoms with van der Waals surface area (Å²) in [5.74, 6) is -0.271. The molecular formula is C18H17FN2. The summed E-state index contributed by atoms with van der Waals surface area (Å²) in [5, 5.41) is 0. The van der Waals surface area contributed by atoms with E-state index in [9.17, 15) is 4.39 Å². The Morgan fingerprint density at radius 2 is 1.57 bits per heavy atom. The first-order valence-electron chi connectivity index (χ1n) is 6.87. The molecule has 0 bridgehead atoms. The Kier molecular flexibility index (Phi) is 3.35. The molecule has 0 aliphatic heterocycles. The van der Waals surface area contributed by atoms with E-state index >= 15 is 0 Å². The lowest BCUT2D eigenvalue weighted by atomic mass is 9.74. The zero-order chi connectivity index (χ0) is 14.9. The van der Waals surface area contributed by atoms with Gasteiger partial charge in [-0.15, -0.1) is 0 Å². The highest BCUT2D eigenvalue weighted by molar-refractivity contribution is 5.77. The van der Waals surface area contributed by atoms with Gasteiger partial charge in [0.05, 0.1) is 5.54 Å². The lowest BCUT2D eigenvalue weighted by Gasteiger charge is -2.35. The third-order valence-electron chi connectivity index (χ3n) is 3.87. The quantitative estimate of drug-likeness (QED) is 0.886. The SMILES string of the molecule is NC1=CC=C(c2ccccc2)C(N)(c2ccc(F)cc2)C1. The van der Waals surface area contributed by atoms with Gasteiger partial charge in [-0.3, -0.25) is 0 Å². The molecule has 1 unspecified atom stereocenters. The van der Waals surface area contributed by atoms with Gasteiger partial charge in [0.25, 0.3) is 0 Å². The zero-order valence-corrected chi connectivity index (χ0v) is 11.6. The van der Waals surface area contributed by atoms with Crippen molar-refractivity contribution in [2.45, 2.75) is 12.0 Å². The monoisotopic (exact) mass is 280 g/mol. The molecule has 3 heteroatoms. The first kappa shape index (κ1) is 13.6. The van der Waals surface area contributed by atoms with Crippen LogP contribution in [0, 0.1) is 5.82 Å². The molecule has 1 aliphatic carbocycles. The predicted molar refractivity (Wildman–Crippen MR) is 83.6 cm³/mol. The number of hydrogen-bond donors (Lipinski definition) is 2. The average Bonchev–Trinajstić information content (AvgIpc) is 2.48. The molecule has 0 heterocycles. The highest BCUT2D eigenvalue weighted by Crippen LogP contribution is 2.40. The highest BCUT2D eigenvalue weighted by Gasteiger charge is 2.34. The molecule has 1 aliphatic rings. The minimum atomic E-state index is -0.742. The molecule has 0 spiro atoms. The van der Waals surface area contributed by atoms with Gasteiger partial charge in [0.1, 0.15) is 5.82 Å². The van der Waals surface area contributed by atoms with Crippen LogP contribution in [0.5, 0.6) is 0 Å². The van der Waals surface area contributed by atoms with Crippen LogP contribution >= 0.6 is 0 Å². The molecule has 2 aromatic rings. The third kappa shape index (κ3) is 2.48. The van der Waals surface area contributed by atoms with Gasteiger partial charge in [-0.1, -0.05) is 48.5 Å². The highest BCUT2D eigenvalue weighted by atomic mass is 19.1. The van der Waals surface area contributed by atoms with Crippen molar-refractivity contribution < 1.29 is 4.39 Å². The first-order valence-corrected chi connectivity index (χ1v) is 6.87. The number of nitrogens with two attached hydrogens (primary N) is 2. The lowest BCUT2D eigenvalue weighted by Crippen LogP contribution is -2.40. The summed E-state index contributed by atoms with van der Waals surface area (Å²) in [6, 6.07) is 16.3. The van der Waals surface area contributed by atoms with Crippen LogP contribution in [0.2, 0.25) is 0 Å². The van der Waals surface area contributed by atoms with Crippen LogP contribution in [-0.2, 0) is 5.54 Å². The molecule has 0 amide bonds. The summed E-state index contributed by atoms with van der Waals surface area (Å²) in [6.45, 7) is 0. The van der Waals surface area contributed by atoms with Gasteiger partial charge >= 0.3 is 0 Å². The normalized spacial score (nSPS) is 21.6. The number of hydrogen-bond acceptors (Lipinski definition) is 2. The Bertz CT molecular complexity index is 702. The zero-order valence-electron chi connectivity index (χ0n) is 11.6. The van der Waals surface area contributed by atoms with Crippen molar-refractivity contribution in [3.8, 4) is 0 Å². The van der Waals surface area contributed by atoms with Crippen molar-refractivity contribution in [2.75, 3.05) is 0 Å². The van der Waals surface area contributed by atoms with E-state index < -0.39 is 5.54 Å². The van der Waals surface area contributed by atoms with Crippen molar-refractivity contribution in [2.24, 2.45) is 11.5 Å². The molecule has 0 radical (unpaired) electrons. The molecule has 2 nitrogen and oxygen atoms in total. The summed E-state index contributed by atoms with van der Waals surface area (Å²) in [5.41, 5.74) is 15.5. The van der Waals surface area contributed by atoms with Crippen LogP contribution in [0.25, 0.3) is 5.57 Å². The van der Waals surface area contributed by atoms with Crippen LogP contribution in [0.1, 0.15) is 17.5 Å². The molecule has 0 fully saturated rings. The van der Waals surface area contributed by atoms with E-state index in [2.05, 4.69) is 0 Å². The van der Waals surface area contributed by atoms with Gasteiger partial charge in [0.2, 0.25) is 0 Å². The smallest absolute Gasteiger partial charge is 0.123 e. The fourth-order valence-corrected chi connectivity index (χ4v) is 2.79. The van der Waals surface area contributed by atoms with Gasteiger partial charge in [-0.25, -0.2) is 4.39 Å². The maximum Gasteiger partial charge on any atom is 0.123 e. The van der Waals surface area contributed by atoms with Crippen LogP contribution in [-0.4, -0.2) is 0 Å². The summed E-state index contributed by atoms with van der Waals surface area (Å²) in [7, 11) is 0. The molecule has 0 saturated carbocycles. The Morgan fingerprint density at radius 1 is 0.905 bits per heavy atom. The second-order valence-corrected chi connectivity index (χ2v) is 5.34. The molecule has 21 heavy (non-hydrogen) atoms. The second-order valence-electron chi connectivity index (χ2n) is 5.34. The fraction of sp³-hybridized carbons (Fsp3) is 0.111. The molecular weight excluding hydrogens is 263 g/mol. The average molecular weight is 280 g/mol. The van der Waals surface area contributed by atoms with Crippen molar-refractivity contribution in [1.29, 1.82) is 0 Å². The maximum atomic E-state index is 13.2. The summed E-state index contributed by atoms with van der Waals surface area (Å²) >= 11 is 0. The molecule has 106 valence electrons. The van der Waals surface area contributed by atoms with E-state index in [1.807, 2.05) is 42.5 Å². The van der Waals surface area contributed by atoms with E-state index in [4.69, 9.17) is 11.5 Å². The van der Waals surface area contributed by atoms with Crippen LogP contribution in [0.4, 0.5) is 4.39 Å². The predicted octanol–water partition coefficient (Wildman–Crippen LogP) is 3.31. The van der Waals surface area contributed by atoms with Gasteiger partial charge in [-0.2, -0.15) is 0 Å². The van der Waals surface area contributed by atoms with E-state index in [0.29, 0.717) is 6.42 Å². The van der Waals surface area contributed by atoms with Crippen LogP contribution in [0.3, 0.4) is 0 Å². The number of halogens is 1. The minimum Gasteiger partial charge on any atom is -0.402 e. The second kappa shape index (κ2) is 5.19. The van der Waals surface area contributed by atoms with Crippen molar-refractivity contribution >= 4 is 5.57 Å². The molecule has 3 rings (SSSR count).